The topological polar surface area (TPSA) is 60.6 Å². The quantitative estimate of drug-likeness (QED) is 0.0486. The molecule has 0 N–H and O–H groups in total. The van der Waals surface area contributed by atoms with Crippen LogP contribution in [0.1, 0.15) is 244 Å². The molecule has 0 aromatic carbocycles. The van der Waals surface area contributed by atoms with Gasteiger partial charge in [0, 0.05) is 25.8 Å². The highest BCUT2D eigenvalue weighted by Crippen LogP contribution is 2.21. The van der Waals surface area contributed by atoms with E-state index in [0.29, 0.717) is 6.10 Å². The Morgan fingerprint density at radius 3 is 1.47 bits per heavy atom. The van der Waals surface area contributed by atoms with Crippen molar-refractivity contribution in [1.29, 1.82) is 0 Å². The average molecular weight is 772 g/mol. The molecule has 0 saturated carbocycles. The number of aromatic nitrogens is 2. The third-order valence-electron chi connectivity index (χ3n) is 11.2. The molecule has 0 bridgehead atoms. The Morgan fingerprint density at radius 2 is 0.982 bits per heavy atom. The van der Waals surface area contributed by atoms with Gasteiger partial charge in [0.2, 0.25) is 5.89 Å². The van der Waals surface area contributed by atoms with Gasteiger partial charge in [-0.05, 0) is 77.8 Å². The lowest BCUT2D eigenvalue weighted by molar-refractivity contribution is 0.0895. The lowest BCUT2D eigenvalue weighted by Crippen LogP contribution is -2.28. The zero-order valence-corrected chi connectivity index (χ0v) is 37.4. The molecule has 0 spiro atoms. The van der Waals surface area contributed by atoms with Crippen LogP contribution in [-0.4, -0.2) is 47.4 Å². The lowest BCUT2D eigenvalue weighted by atomic mass is 10.0. The van der Waals surface area contributed by atoms with Gasteiger partial charge in [0.25, 0.3) is 0 Å². The molecule has 1 aromatic heterocycles. The summed E-state index contributed by atoms with van der Waals surface area (Å²) in [6.07, 6.45) is 43.6. The summed E-state index contributed by atoms with van der Waals surface area (Å²) in [7, 11) is 0. The van der Waals surface area contributed by atoms with Crippen LogP contribution in [0.4, 0.5) is 0 Å². The van der Waals surface area contributed by atoms with Gasteiger partial charge in [-0.15, -0.1) is 0 Å². The Morgan fingerprint density at radius 1 is 0.545 bits per heavy atom. The molecule has 1 aromatic rings. The van der Waals surface area contributed by atoms with E-state index in [0.717, 1.165) is 68.7 Å². The van der Waals surface area contributed by atoms with Crippen LogP contribution in [0.3, 0.4) is 0 Å². The maximum Gasteiger partial charge on any atom is 0.227 e. The van der Waals surface area contributed by atoms with E-state index in [1.54, 1.807) is 0 Å². The number of unbranched alkanes of at least 4 members (excludes halogenated alkanes) is 24. The van der Waals surface area contributed by atoms with Crippen molar-refractivity contribution < 1.29 is 14.0 Å². The van der Waals surface area contributed by atoms with Gasteiger partial charge < -0.3 is 18.9 Å². The van der Waals surface area contributed by atoms with Crippen molar-refractivity contribution in [2.45, 2.75) is 252 Å². The molecule has 0 aliphatic carbocycles. The van der Waals surface area contributed by atoms with E-state index in [-0.39, 0.29) is 0 Å². The molecule has 0 saturated heterocycles. The van der Waals surface area contributed by atoms with Crippen molar-refractivity contribution in [1.82, 2.24) is 15.0 Å². The minimum Gasteiger partial charge on any atom is -0.499 e. The van der Waals surface area contributed by atoms with Crippen molar-refractivity contribution in [2.75, 3.05) is 26.2 Å². The molecule has 0 atom stereocenters. The van der Waals surface area contributed by atoms with Gasteiger partial charge in [-0.25, -0.2) is 0 Å². The van der Waals surface area contributed by atoms with E-state index in [2.05, 4.69) is 49.0 Å². The molecule has 0 unspecified atom stereocenters. The average Bonchev–Trinajstić information content (AvgIpc) is 3.60. The Kier molecular flexibility index (Phi) is 36.3. The van der Waals surface area contributed by atoms with Crippen molar-refractivity contribution in [3.8, 4) is 0 Å². The summed E-state index contributed by atoms with van der Waals surface area (Å²) in [4.78, 5) is 7.07. The molecule has 322 valence electrons. The first-order valence-electron chi connectivity index (χ1n) is 24.1. The molecule has 6 heteroatoms. The first-order valence-corrected chi connectivity index (χ1v) is 24.1. The molecule has 0 amide bonds. The molecular formula is C49H93N3O3. The lowest BCUT2D eigenvalue weighted by Gasteiger charge is -2.22. The van der Waals surface area contributed by atoms with E-state index < -0.39 is 0 Å². The van der Waals surface area contributed by atoms with Crippen molar-refractivity contribution in [2.24, 2.45) is 0 Å². The van der Waals surface area contributed by atoms with Gasteiger partial charge in [0.1, 0.15) is 0 Å². The molecule has 1 rings (SSSR count). The van der Waals surface area contributed by atoms with Crippen LogP contribution in [-0.2, 0) is 15.9 Å². The highest BCUT2D eigenvalue weighted by Gasteiger charge is 2.12. The molecular weight excluding hydrogens is 679 g/mol. The SMILES string of the molecule is C=C(CCCCCCCN(CCCCCCCC(=C)OC(CCCCCCCC)CCCCCCCC)CCc1nc(C)no1)OCCCCCCCCC. The normalized spacial score (nSPS) is 11.6. The van der Waals surface area contributed by atoms with Gasteiger partial charge in [0.15, 0.2) is 5.82 Å². The number of hydrogen-bond acceptors (Lipinski definition) is 6. The second kappa shape index (κ2) is 39.0. The van der Waals surface area contributed by atoms with Crippen LogP contribution in [0.2, 0.25) is 0 Å². The van der Waals surface area contributed by atoms with Crippen LogP contribution in [0.25, 0.3) is 0 Å². The van der Waals surface area contributed by atoms with Gasteiger partial charge in [-0.2, -0.15) is 4.98 Å². The number of aryl methyl sites for hydroxylation is 1. The summed E-state index contributed by atoms with van der Waals surface area (Å²) in [6, 6.07) is 0. The minimum absolute atomic E-state index is 0.371. The van der Waals surface area contributed by atoms with Gasteiger partial charge in [-0.3, -0.25) is 0 Å². The molecule has 0 aliphatic rings. The largest absolute Gasteiger partial charge is 0.499 e. The summed E-state index contributed by atoms with van der Waals surface area (Å²) >= 11 is 0. The Hall–Kier alpha value is -1.82. The van der Waals surface area contributed by atoms with Crippen LogP contribution >= 0.6 is 0 Å². The number of nitrogens with zero attached hydrogens (tertiary/aromatic N) is 3. The van der Waals surface area contributed by atoms with Crippen LogP contribution in [0.5, 0.6) is 0 Å². The number of rotatable bonds is 44. The van der Waals surface area contributed by atoms with Crippen molar-refractivity contribution in [3.05, 3.63) is 36.4 Å². The summed E-state index contributed by atoms with van der Waals surface area (Å²) in [5, 5.41) is 4.00. The Balaban J connectivity index is 2.26. The first kappa shape index (κ1) is 51.2. The van der Waals surface area contributed by atoms with Crippen molar-refractivity contribution in [3.63, 3.8) is 0 Å². The van der Waals surface area contributed by atoms with Gasteiger partial charge in [0.05, 0.1) is 24.2 Å². The van der Waals surface area contributed by atoms with Crippen LogP contribution < -0.4 is 0 Å². The van der Waals surface area contributed by atoms with E-state index in [4.69, 9.17) is 14.0 Å². The first-order chi connectivity index (χ1) is 27.0. The van der Waals surface area contributed by atoms with E-state index >= 15 is 0 Å². The summed E-state index contributed by atoms with van der Waals surface area (Å²) in [5.74, 6) is 3.51. The monoisotopic (exact) mass is 772 g/mol. The Bertz CT molecular complexity index is 962. The molecule has 0 radical (unpaired) electrons. The smallest absolute Gasteiger partial charge is 0.227 e. The van der Waals surface area contributed by atoms with E-state index in [1.807, 2.05) is 6.92 Å². The number of ether oxygens (including phenoxy) is 2. The second-order valence-corrected chi connectivity index (χ2v) is 16.8. The highest BCUT2D eigenvalue weighted by molar-refractivity contribution is 4.85. The van der Waals surface area contributed by atoms with Crippen LogP contribution in [0.15, 0.2) is 29.2 Å². The maximum absolute atomic E-state index is 6.51. The summed E-state index contributed by atoms with van der Waals surface area (Å²) in [6.45, 7) is 21.4. The standard InChI is InChI=1S/C49H93N3O3/c1-7-10-13-16-19-28-35-44-53-45(4)36-29-22-20-26-33-41-52(43-40-49-50-47(6)51-55-49)42-34-27-21-23-30-37-46(5)54-48(38-31-24-17-14-11-8-2)39-32-25-18-15-12-9-3/h48H,4-5,7-44H2,1-3,6H3. The fourth-order valence-electron chi connectivity index (χ4n) is 7.62. The summed E-state index contributed by atoms with van der Waals surface area (Å²) in [5.41, 5.74) is 0. The third kappa shape index (κ3) is 34.0. The highest BCUT2D eigenvalue weighted by atomic mass is 16.5. The molecule has 1 heterocycles. The van der Waals surface area contributed by atoms with Gasteiger partial charge >= 0.3 is 0 Å². The minimum atomic E-state index is 0.371. The fourth-order valence-corrected chi connectivity index (χ4v) is 7.62. The zero-order valence-electron chi connectivity index (χ0n) is 37.4. The zero-order chi connectivity index (χ0) is 39.9. The predicted molar refractivity (Wildman–Crippen MR) is 238 cm³/mol. The molecule has 0 aliphatic heterocycles. The molecule has 6 nitrogen and oxygen atoms in total. The van der Waals surface area contributed by atoms with Crippen molar-refractivity contribution >= 4 is 0 Å². The Labute approximate surface area is 342 Å². The number of allylic oxidation sites excluding steroid dienone is 2. The van der Waals surface area contributed by atoms with Gasteiger partial charge in [-0.1, -0.05) is 180 Å². The summed E-state index contributed by atoms with van der Waals surface area (Å²) < 4.78 is 17.8. The maximum atomic E-state index is 6.51. The van der Waals surface area contributed by atoms with E-state index in [1.165, 1.54) is 199 Å². The van der Waals surface area contributed by atoms with E-state index in [9.17, 15) is 0 Å². The van der Waals surface area contributed by atoms with Crippen LogP contribution in [0, 0.1) is 6.92 Å². The number of hydrogen-bond donors (Lipinski definition) is 0. The molecule has 55 heavy (non-hydrogen) atoms. The predicted octanol–water partition coefficient (Wildman–Crippen LogP) is 15.6. The molecule has 0 fully saturated rings. The fraction of sp³-hybridized carbons (Fsp3) is 0.878. The second-order valence-electron chi connectivity index (χ2n) is 16.8. The third-order valence-corrected chi connectivity index (χ3v) is 11.2.